The fourth-order valence-corrected chi connectivity index (χ4v) is 4.31. The molecule has 1 aliphatic heterocycles. The molecule has 3 aromatic rings. The molecule has 0 radical (unpaired) electrons. The van der Waals surface area contributed by atoms with Gasteiger partial charge in [0, 0.05) is 24.8 Å². The molecule has 0 spiro atoms. The van der Waals surface area contributed by atoms with Crippen molar-refractivity contribution in [3.8, 4) is 11.3 Å². The number of rotatable bonds is 2. The summed E-state index contributed by atoms with van der Waals surface area (Å²) < 4.78 is 63.1. The average Bonchev–Trinajstić information content (AvgIpc) is 3.05. The minimum atomic E-state index is -4.39. The number of nitrogens with zero attached hydrogens (tertiary/aromatic N) is 4. The van der Waals surface area contributed by atoms with E-state index in [4.69, 9.17) is 0 Å². The zero-order chi connectivity index (χ0) is 19.2. The van der Waals surface area contributed by atoms with E-state index in [1.165, 1.54) is 12.1 Å². The number of hydrogen-bond acceptors (Lipinski definition) is 5. The SMILES string of the molecule is O=S1(=O)CCN(c2cnn3c(-c4ccc(C(F)(F)F)cc4)ccnc23)CC1. The van der Waals surface area contributed by atoms with Crippen molar-refractivity contribution in [1.29, 1.82) is 0 Å². The van der Waals surface area contributed by atoms with Crippen molar-refractivity contribution in [3.63, 3.8) is 0 Å². The summed E-state index contributed by atoms with van der Waals surface area (Å²) >= 11 is 0. The maximum absolute atomic E-state index is 12.8. The minimum absolute atomic E-state index is 0.0724. The molecule has 2 aromatic heterocycles. The summed E-state index contributed by atoms with van der Waals surface area (Å²) in [4.78, 5) is 6.23. The van der Waals surface area contributed by atoms with Crippen LogP contribution in [0.15, 0.2) is 42.7 Å². The molecule has 0 saturated carbocycles. The Bertz CT molecular complexity index is 1080. The Balaban J connectivity index is 1.71. The molecule has 3 heterocycles. The van der Waals surface area contributed by atoms with Crippen LogP contribution >= 0.6 is 0 Å². The minimum Gasteiger partial charge on any atom is -0.365 e. The fourth-order valence-electron chi connectivity index (χ4n) is 3.10. The number of anilines is 1. The Labute approximate surface area is 153 Å². The van der Waals surface area contributed by atoms with Gasteiger partial charge in [0.25, 0.3) is 0 Å². The van der Waals surface area contributed by atoms with Gasteiger partial charge in [-0.25, -0.2) is 17.9 Å². The zero-order valence-electron chi connectivity index (χ0n) is 14.0. The van der Waals surface area contributed by atoms with Gasteiger partial charge in [-0.2, -0.15) is 18.3 Å². The highest BCUT2D eigenvalue weighted by molar-refractivity contribution is 7.91. The molecule has 0 N–H and O–H groups in total. The normalized spacial score (nSPS) is 17.4. The van der Waals surface area contributed by atoms with Gasteiger partial charge in [-0.05, 0) is 18.2 Å². The predicted molar refractivity (Wildman–Crippen MR) is 94.3 cm³/mol. The van der Waals surface area contributed by atoms with Gasteiger partial charge in [-0.1, -0.05) is 12.1 Å². The van der Waals surface area contributed by atoms with Gasteiger partial charge >= 0.3 is 6.18 Å². The third-order valence-electron chi connectivity index (χ3n) is 4.58. The summed E-state index contributed by atoms with van der Waals surface area (Å²) in [6.07, 6.45) is -1.22. The first-order valence-corrected chi connectivity index (χ1v) is 10.0. The molecule has 6 nitrogen and oxygen atoms in total. The quantitative estimate of drug-likeness (QED) is 0.666. The summed E-state index contributed by atoms with van der Waals surface area (Å²) in [6.45, 7) is 0.714. The molecule has 0 unspecified atom stereocenters. The van der Waals surface area contributed by atoms with Gasteiger partial charge in [-0.3, -0.25) is 0 Å². The van der Waals surface area contributed by atoms with Crippen LogP contribution in [0.2, 0.25) is 0 Å². The second-order valence-corrected chi connectivity index (χ2v) is 8.61. The number of aromatic nitrogens is 3. The van der Waals surface area contributed by atoms with E-state index in [0.29, 0.717) is 35.7 Å². The number of halogens is 3. The van der Waals surface area contributed by atoms with Crippen LogP contribution in [-0.4, -0.2) is 47.6 Å². The van der Waals surface area contributed by atoms with Crippen molar-refractivity contribution in [2.75, 3.05) is 29.5 Å². The van der Waals surface area contributed by atoms with Crippen LogP contribution in [0.1, 0.15) is 5.56 Å². The molecular formula is C17H15F3N4O2S. The molecule has 0 amide bonds. The summed E-state index contributed by atoms with van der Waals surface area (Å²) in [5, 5.41) is 4.32. The topological polar surface area (TPSA) is 67.6 Å². The largest absolute Gasteiger partial charge is 0.416 e. The Kier molecular flexibility index (Phi) is 4.10. The van der Waals surface area contributed by atoms with Crippen LogP contribution in [0.25, 0.3) is 16.9 Å². The number of fused-ring (bicyclic) bond motifs is 1. The van der Waals surface area contributed by atoms with E-state index in [1.807, 2.05) is 4.90 Å². The van der Waals surface area contributed by atoms with Crippen LogP contribution in [0, 0.1) is 0 Å². The smallest absolute Gasteiger partial charge is 0.365 e. The summed E-state index contributed by atoms with van der Waals surface area (Å²) in [6, 6.07) is 6.52. The maximum Gasteiger partial charge on any atom is 0.416 e. The average molecular weight is 396 g/mol. The molecule has 0 atom stereocenters. The first-order chi connectivity index (χ1) is 12.7. The van der Waals surface area contributed by atoms with Crippen LogP contribution in [0.3, 0.4) is 0 Å². The van der Waals surface area contributed by atoms with E-state index >= 15 is 0 Å². The number of benzene rings is 1. The standard InChI is InChI=1S/C17H15F3N4O2S/c18-17(19,20)13-3-1-12(2-4-13)14-5-6-21-16-15(11-22-24(14)16)23-7-9-27(25,26)10-8-23/h1-6,11H,7-10H2. The molecule has 142 valence electrons. The van der Waals surface area contributed by atoms with E-state index in [9.17, 15) is 21.6 Å². The van der Waals surface area contributed by atoms with Crippen LogP contribution in [0.5, 0.6) is 0 Å². The van der Waals surface area contributed by atoms with Gasteiger partial charge in [0.1, 0.15) is 5.69 Å². The van der Waals surface area contributed by atoms with Crippen molar-refractivity contribution >= 4 is 21.2 Å². The van der Waals surface area contributed by atoms with Gasteiger partial charge in [-0.15, -0.1) is 0 Å². The van der Waals surface area contributed by atoms with Gasteiger partial charge in [0.05, 0.1) is 29.0 Å². The lowest BCUT2D eigenvalue weighted by Crippen LogP contribution is -2.40. The Morgan fingerprint density at radius 3 is 2.30 bits per heavy atom. The lowest BCUT2D eigenvalue weighted by Gasteiger charge is -2.27. The lowest BCUT2D eigenvalue weighted by atomic mass is 10.1. The molecule has 1 fully saturated rings. The first-order valence-electron chi connectivity index (χ1n) is 8.20. The van der Waals surface area contributed by atoms with E-state index in [-0.39, 0.29) is 11.5 Å². The zero-order valence-corrected chi connectivity index (χ0v) is 14.8. The van der Waals surface area contributed by atoms with Crippen molar-refractivity contribution in [3.05, 3.63) is 48.3 Å². The highest BCUT2D eigenvalue weighted by atomic mass is 32.2. The third kappa shape index (κ3) is 3.36. The Morgan fingerprint density at radius 2 is 1.67 bits per heavy atom. The van der Waals surface area contributed by atoms with E-state index in [0.717, 1.165) is 12.1 Å². The number of alkyl halides is 3. The van der Waals surface area contributed by atoms with Crippen LogP contribution < -0.4 is 4.90 Å². The summed E-state index contributed by atoms with van der Waals surface area (Å²) in [7, 11) is -3.01. The highest BCUT2D eigenvalue weighted by Gasteiger charge is 2.30. The molecular weight excluding hydrogens is 381 g/mol. The third-order valence-corrected chi connectivity index (χ3v) is 6.18. The molecule has 0 aliphatic carbocycles. The van der Waals surface area contributed by atoms with Crippen molar-refractivity contribution < 1.29 is 21.6 Å². The van der Waals surface area contributed by atoms with Crippen LogP contribution in [-0.2, 0) is 16.0 Å². The lowest BCUT2D eigenvalue weighted by molar-refractivity contribution is -0.137. The van der Waals surface area contributed by atoms with Gasteiger partial charge < -0.3 is 4.90 Å². The second kappa shape index (κ2) is 6.22. The van der Waals surface area contributed by atoms with E-state index in [2.05, 4.69) is 10.1 Å². The fraction of sp³-hybridized carbons (Fsp3) is 0.294. The van der Waals surface area contributed by atoms with Crippen molar-refractivity contribution in [1.82, 2.24) is 14.6 Å². The summed E-state index contributed by atoms with van der Waals surface area (Å²) in [5.41, 5.74) is 1.70. The van der Waals surface area contributed by atoms with Gasteiger partial charge in [0.2, 0.25) is 0 Å². The van der Waals surface area contributed by atoms with Crippen molar-refractivity contribution in [2.45, 2.75) is 6.18 Å². The van der Waals surface area contributed by atoms with Crippen molar-refractivity contribution in [2.24, 2.45) is 0 Å². The first kappa shape index (κ1) is 17.8. The molecule has 27 heavy (non-hydrogen) atoms. The van der Waals surface area contributed by atoms with Crippen LogP contribution in [0.4, 0.5) is 18.9 Å². The Morgan fingerprint density at radius 1 is 1.00 bits per heavy atom. The van der Waals surface area contributed by atoms with E-state index in [1.54, 1.807) is 23.0 Å². The molecule has 4 rings (SSSR count). The molecule has 0 bridgehead atoms. The molecule has 1 saturated heterocycles. The monoisotopic (exact) mass is 396 g/mol. The maximum atomic E-state index is 12.8. The number of hydrogen-bond donors (Lipinski definition) is 0. The Hall–Kier alpha value is -2.62. The number of sulfone groups is 1. The van der Waals surface area contributed by atoms with E-state index < -0.39 is 21.6 Å². The highest BCUT2D eigenvalue weighted by Crippen LogP contribution is 2.31. The molecule has 1 aromatic carbocycles. The second-order valence-electron chi connectivity index (χ2n) is 6.31. The molecule has 1 aliphatic rings. The summed E-state index contributed by atoms with van der Waals surface area (Å²) in [5.74, 6) is 0.145. The molecule has 10 heteroatoms. The van der Waals surface area contributed by atoms with Gasteiger partial charge in [0.15, 0.2) is 15.5 Å². The predicted octanol–water partition coefficient (Wildman–Crippen LogP) is 2.65.